The first-order valence-corrected chi connectivity index (χ1v) is 9.19. The summed E-state index contributed by atoms with van der Waals surface area (Å²) in [6, 6.07) is 12.2. The van der Waals surface area contributed by atoms with Crippen LogP contribution in [-0.4, -0.2) is 19.1 Å². The SMILES string of the molecule is O=C(c1ccc(F)c(F)c1)N(Cc1cccs1)c1ccc2c(c1)OCCO2. The Morgan fingerprint density at radius 3 is 2.56 bits per heavy atom. The lowest BCUT2D eigenvalue weighted by atomic mass is 10.1. The number of carbonyl (C=O) groups is 1. The van der Waals surface area contributed by atoms with Crippen molar-refractivity contribution in [3.63, 3.8) is 0 Å². The van der Waals surface area contributed by atoms with Crippen molar-refractivity contribution in [3.05, 3.63) is 76.0 Å². The number of carbonyl (C=O) groups excluding carboxylic acids is 1. The maximum Gasteiger partial charge on any atom is 0.258 e. The first kappa shape index (κ1) is 17.5. The van der Waals surface area contributed by atoms with E-state index in [1.165, 1.54) is 22.3 Å². The van der Waals surface area contributed by atoms with Crippen LogP contribution in [0, 0.1) is 11.6 Å². The van der Waals surface area contributed by atoms with Gasteiger partial charge < -0.3 is 14.4 Å². The fourth-order valence-corrected chi connectivity index (χ4v) is 3.52. The standard InChI is InChI=1S/C20H15F2NO3S/c21-16-5-3-13(10-17(16)22)20(24)23(12-15-2-1-9-27-15)14-4-6-18-19(11-14)26-8-7-25-18/h1-6,9-11H,7-8,12H2. The first-order valence-electron chi connectivity index (χ1n) is 8.31. The highest BCUT2D eigenvalue weighted by Crippen LogP contribution is 2.35. The number of hydrogen-bond donors (Lipinski definition) is 0. The Labute approximate surface area is 158 Å². The zero-order valence-corrected chi connectivity index (χ0v) is 15.0. The molecular formula is C20H15F2NO3S. The molecule has 0 saturated carbocycles. The van der Waals surface area contributed by atoms with Gasteiger partial charge in [0.2, 0.25) is 0 Å². The number of fused-ring (bicyclic) bond motifs is 1. The highest BCUT2D eigenvalue weighted by Gasteiger charge is 2.22. The molecular weight excluding hydrogens is 372 g/mol. The van der Waals surface area contributed by atoms with Crippen LogP contribution in [-0.2, 0) is 6.54 Å². The van der Waals surface area contributed by atoms with E-state index in [1.54, 1.807) is 18.2 Å². The fourth-order valence-electron chi connectivity index (χ4n) is 2.82. The van der Waals surface area contributed by atoms with E-state index in [4.69, 9.17) is 9.47 Å². The van der Waals surface area contributed by atoms with Crippen molar-refractivity contribution in [1.29, 1.82) is 0 Å². The van der Waals surface area contributed by atoms with Gasteiger partial charge in [-0.25, -0.2) is 8.78 Å². The van der Waals surface area contributed by atoms with Crippen molar-refractivity contribution < 1.29 is 23.0 Å². The normalized spacial score (nSPS) is 12.7. The Bertz CT molecular complexity index is 975. The predicted octanol–water partition coefficient (Wildman–Crippen LogP) is 4.64. The van der Waals surface area contributed by atoms with Gasteiger partial charge in [-0.05, 0) is 41.8 Å². The van der Waals surface area contributed by atoms with Gasteiger partial charge in [0.25, 0.3) is 5.91 Å². The third kappa shape index (κ3) is 3.64. The number of anilines is 1. The summed E-state index contributed by atoms with van der Waals surface area (Å²) in [5, 5.41) is 1.92. The van der Waals surface area contributed by atoms with E-state index in [0.717, 1.165) is 17.0 Å². The molecule has 0 bridgehead atoms. The van der Waals surface area contributed by atoms with Gasteiger partial charge in [-0.1, -0.05) is 6.07 Å². The Morgan fingerprint density at radius 1 is 1.00 bits per heavy atom. The molecule has 3 aromatic rings. The van der Waals surface area contributed by atoms with Crippen molar-refractivity contribution in [3.8, 4) is 11.5 Å². The van der Waals surface area contributed by atoms with Gasteiger partial charge in [0.1, 0.15) is 13.2 Å². The maximum atomic E-state index is 13.6. The van der Waals surface area contributed by atoms with E-state index in [1.807, 2.05) is 17.5 Å². The van der Waals surface area contributed by atoms with Gasteiger partial charge in [0.05, 0.1) is 6.54 Å². The summed E-state index contributed by atoms with van der Waals surface area (Å²) in [7, 11) is 0. The zero-order chi connectivity index (χ0) is 18.8. The second-order valence-electron chi connectivity index (χ2n) is 5.93. The smallest absolute Gasteiger partial charge is 0.258 e. The van der Waals surface area contributed by atoms with E-state index in [0.29, 0.717) is 36.9 Å². The molecule has 7 heteroatoms. The lowest BCUT2D eigenvalue weighted by molar-refractivity contribution is 0.0984. The molecule has 0 atom stereocenters. The molecule has 0 spiro atoms. The van der Waals surface area contributed by atoms with E-state index in [-0.39, 0.29) is 5.56 Å². The molecule has 1 aliphatic heterocycles. The summed E-state index contributed by atoms with van der Waals surface area (Å²) < 4.78 is 38.0. The molecule has 4 nitrogen and oxygen atoms in total. The number of thiophene rings is 1. The molecule has 2 aromatic carbocycles. The quantitative estimate of drug-likeness (QED) is 0.654. The monoisotopic (exact) mass is 387 g/mol. The van der Waals surface area contributed by atoms with Crippen LogP contribution in [0.2, 0.25) is 0 Å². The number of benzene rings is 2. The van der Waals surface area contributed by atoms with E-state index >= 15 is 0 Å². The second kappa shape index (κ2) is 7.36. The minimum Gasteiger partial charge on any atom is -0.486 e. The van der Waals surface area contributed by atoms with Crippen molar-refractivity contribution in [2.75, 3.05) is 18.1 Å². The first-order chi connectivity index (χ1) is 13.1. The fraction of sp³-hybridized carbons (Fsp3) is 0.150. The number of rotatable bonds is 4. The Hall–Kier alpha value is -2.93. The minimum absolute atomic E-state index is 0.0698. The Morgan fingerprint density at radius 2 is 1.81 bits per heavy atom. The lowest BCUT2D eigenvalue weighted by Crippen LogP contribution is -2.30. The maximum absolute atomic E-state index is 13.6. The molecule has 0 aliphatic carbocycles. The topological polar surface area (TPSA) is 38.8 Å². The average Bonchev–Trinajstić information content (AvgIpc) is 3.20. The van der Waals surface area contributed by atoms with Gasteiger partial charge in [0, 0.05) is 22.2 Å². The van der Waals surface area contributed by atoms with Gasteiger partial charge in [-0.15, -0.1) is 11.3 Å². The highest BCUT2D eigenvalue weighted by molar-refractivity contribution is 7.09. The molecule has 0 radical (unpaired) electrons. The number of amides is 1. The van der Waals surface area contributed by atoms with Gasteiger partial charge >= 0.3 is 0 Å². The molecule has 0 unspecified atom stereocenters. The Balaban J connectivity index is 1.72. The predicted molar refractivity (Wildman–Crippen MR) is 98.6 cm³/mol. The van der Waals surface area contributed by atoms with Crippen molar-refractivity contribution in [2.45, 2.75) is 6.54 Å². The van der Waals surface area contributed by atoms with Gasteiger partial charge in [-0.3, -0.25) is 4.79 Å². The van der Waals surface area contributed by atoms with Crippen molar-refractivity contribution in [1.82, 2.24) is 0 Å². The number of nitrogens with zero attached hydrogens (tertiary/aromatic N) is 1. The summed E-state index contributed by atoms with van der Waals surface area (Å²) in [4.78, 5) is 15.5. The molecule has 0 N–H and O–H groups in total. The average molecular weight is 387 g/mol. The summed E-state index contributed by atoms with van der Waals surface area (Å²) in [6.45, 7) is 1.20. The molecule has 4 rings (SSSR count). The molecule has 1 aliphatic rings. The van der Waals surface area contributed by atoms with Crippen LogP contribution in [0.25, 0.3) is 0 Å². The van der Waals surface area contributed by atoms with Crippen LogP contribution >= 0.6 is 11.3 Å². The van der Waals surface area contributed by atoms with Crippen LogP contribution in [0.15, 0.2) is 53.9 Å². The van der Waals surface area contributed by atoms with Crippen molar-refractivity contribution in [2.24, 2.45) is 0 Å². The molecule has 2 heterocycles. The molecule has 138 valence electrons. The molecule has 0 saturated heterocycles. The zero-order valence-electron chi connectivity index (χ0n) is 14.2. The van der Waals surface area contributed by atoms with Crippen LogP contribution < -0.4 is 14.4 Å². The molecule has 27 heavy (non-hydrogen) atoms. The summed E-state index contributed by atoms with van der Waals surface area (Å²) in [6.07, 6.45) is 0. The third-order valence-electron chi connectivity index (χ3n) is 4.14. The third-order valence-corrected chi connectivity index (χ3v) is 5.00. The molecule has 1 aromatic heterocycles. The van der Waals surface area contributed by atoms with Crippen LogP contribution in [0.3, 0.4) is 0 Å². The van der Waals surface area contributed by atoms with Crippen LogP contribution in [0.4, 0.5) is 14.5 Å². The lowest BCUT2D eigenvalue weighted by Gasteiger charge is -2.25. The molecule has 1 amide bonds. The summed E-state index contributed by atoms with van der Waals surface area (Å²) in [5.41, 5.74) is 0.655. The van der Waals surface area contributed by atoms with E-state index in [9.17, 15) is 13.6 Å². The largest absolute Gasteiger partial charge is 0.486 e. The molecule has 0 fully saturated rings. The van der Waals surface area contributed by atoms with E-state index < -0.39 is 17.5 Å². The van der Waals surface area contributed by atoms with Gasteiger partial charge in [0.15, 0.2) is 23.1 Å². The summed E-state index contributed by atoms with van der Waals surface area (Å²) in [5.74, 6) is -1.32. The van der Waals surface area contributed by atoms with E-state index in [2.05, 4.69) is 0 Å². The number of ether oxygens (including phenoxy) is 2. The van der Waals surface area contributed by atoms with Crippen molar-refractivity contribution >= 4 is 22.9 Å². The minimum atomic E-state index is -1.06. The van der Waals surface area contributed by atoms with Gasteiger partial charge in [-0.2, -0.15) is 0 Å². The number of hydrogen-bond acceptors (Lipinski definition) is 4. The number of halogens is 2. The van der Waals surface area contributed by atoms with Crippen LogP contribution in [0.5, 0.6) is 11.5 Å². The highest BCUT2D eigenvalue weighted by atomic mass is 32.1. The Kier molecular flexibility index (Phi) is 4.77. The summed E-state index contributed by atoms with van der Waals surface area (Å²) >= 11 is 1.51. The van der Waals surface area contributed by atoms with Crippen LogP contribution in [0.1, 0.15) is 15.2 Å². The second-order valence-corrected chi connectivity index (χ2v) is 6.96.